The van der Waals surface area contributed by atoms with Gasteiger partial charge in [-0.1, -0.05) is 6.07 Å². The summed E-state index contributed by atoms with van der Waals surface area (Å²) in [7, 11) is -2.17. The molecule has 21 heavy (non-hydrogen) atoms. The summed E-state index contributed by atoms with van der Waals surface area (Å²) in [5.74, 6) is -0.244. The summed E-state index contributed by atoms with van der Waals surface area (Å²) in [4.78, 5) is 11.4. The van der Waals surface area contributed by atoms with E-state index in [0.29, 0.717) is 13.2 Å². The molecule has 0 radical (unpaired) electrons. The topological polar surface area (TPSA) is 111 Å². The van der Waals surface area contributed by atoms with Gasteiger partial charge in [-0.25, -0.2) is 13.1 Å². The molecule has 0 aliphatic carbocycles. The summed E-state index contributed by atoms with van der Waals surface area (Å²) >= 11 is 0. The number of carbonyl (C=O) groups excluding carboxylic acids is 1. The molecule has 0 bridgehead atoms. The second-order valence-corrected chi connectivity index (χ2v) is 6.27. The zero-order chi connectivity index (χ0) is 15.9. The number of benzene rings is 1. The third-order valence-corrected chi connectivity index (χ3v) is 4.26. The molecule has 0 unspecified atom stereocenters. The van der Waals surface area contributed by atoms with Crippen molar-refractivity contribution in [1.29, 1.82) is 0 Å². The number of hydrogen-bond acceptors (Lipinski definition) is 5. The fourth-order valence-corrected chi connectivity index (χ4v) is 2.81. The number of nitrogens with one attached hydrogen (secondary N) is 2. The first-order chi connectivity index (χ1) is 9.86. The Balaban J connectivity index is 2.52. The Morgan fingerprint density at radius 2 is 2.05 bits per heavy atom. The van der Waals surface area contributed by atoms with Gasteiger partial charge in [0.05, 0.1) is 12.3 Å². The Bertz CT molecular complexity index is 587. The number of amides is 1. The maximum Gasteiger partial charge on any atom is 0.242 e. The van der Waals surface area contributed by atoms with Gasteiger partial charge in [0, 0.05) is 26.6 Å². The van der Waals surface area contributed by atoms with Crippen molar-refractivity contribution >= 4 is 21.6 Å². The van der Waals surface area contributed by atoms with Gasteiger partial charge in [0.1, 0.15) is 4.90 Å². The maximum atomic E-state index is 12.1. The van der Waals surface area contributed by atoms with Gasteiger partial charge in [-0.3, -0.25) is 4.79 Å². The number of sulfonamides is 1. The van der Waals surface area contributed by atoms with E-state index in [2.05, 4.69) is 10.0 Å². The Hall–Kier alpha value is -1.64. The van der Waals surface area contributed by atoms with Crippen molar-refractivity contribution < 1.29 is 17.9 Å². The van der Waals surface area contributed by atoms with E-state index in [9.17, 15) is 13.2 Å². The summed E-state index contributed by atoms with van der Waals surface area (Å²) in [6.07, 6.45) is 0.0503. The molecule has 0 spiro atoms. The van der Waals surface area contributed by atoms with Gasteiger partial charge in [-0.2, -0.15) is 0 Å². The third kappa shape index (κ3) is 5.70. The first-order valence-corrected chi connectivity index (χ1v) is 7.96. The zero-order valence-electron chi connectivity index (χ0n) is 12.2. The zero-order valence-corrected chi connectivity index (χ0v) is 13.0. The molecule has 7 nitrogen and oxygen atoms in total. The van der Waals surface area contributed by atoms with Crippen molar-refractivity contribution in [3.8, 4) is 0 Å². The van der Waals surface area contributed by atoms with Crippen LogP contribution in [-0.4, -0.2) is 41.1 Å². The van der Waals surface area contributed by atoms with Gasteiger partial charge in [-0.15, -0.1) is 0 Å². The second-order valence-electron chi connectivity index (χ2n) is 4.53. The average molecular weight is 315 g/mol. The molecule has 0 heterocycles. The quantitative estimate of drug-likeness (QED) is 0.462. The number of anilines is 1. The van der Waals surface area contributed by atoms with Crippen LogP contribution in [0.4, 0.5) is 5.69 Å². The highest BCUT2D eigenvalue weighted by Crippen LogP contribution is 2.18. The minimum Gasteiger partial charge on any atom is -0.398 e. The highest BCUT2D eigenvalue weighted by atomic mass is 32.2. The lowest BCUT2D eigenvalue weighted by atomic mass is 10.2. The molecule has 8 heteroatoms. The fourth-order valence-electron chi connectivity index (χ4n) is 1.67. The molecule has 118 valence electrons. The van der Waals surface area contributed by atoms with E-state index in [1.807, 2.05) is 6.92 Å². The predicted molar refractivity (Wildman–Crippen MR) is 80.3 cm³/mol. The van der Waals surface area contributed by atoms with E-state index in [-0.39, 0.29) is 29.5 Å². The van der Waals surface area contributed by atoms with Gasteiger partial charge in [0.15, 0.2) is 0 Å². The molecule has 4 N–H and O–H groups in total. The average Bonchev–Trinajstić information content (AvgIpc) is 2.38. The van der Waals surface area contributed by atoms with Crippen molar-refractivity contribution in [1.82, 2.24) is 10.0 Å². The van der Waals surface area contributed by atoms with Gasteiger partial charge in [-0.05, 0) is 24.6 Å². The molecular formula is C13H21N3O4S. The van der Waals surface area contributed by atoms with Crippen LogP contribution in [0.25, 0.3) is 0 Å². The van der Waals surface area contributed by atoms with Crippen LogP contribution in [0, 0.1) is 6.92 Å². The molecule has 1 amide bonds. The SMILES string of the molecule is COCCNC(=O)CCNS(=O)(=O)c1ccc(C)cc1N. The van der Waals surface area contributed by atoms with E-state index in [0.717, 1.165) is 5.56 Å². The van der Waals surface area contributed by atoms with Crippen molar-refractivity contribution in [2.45, 2.75) is 18.2 Å². The smallest absolute Gasteiger partial charge is 0.242 e. The van der Waals surface area contributed by atoms with Crippen LogP contribution in [0.15, 0.2) is 23.1 Å². The number of rotatable bonds is 8. The van der Waals surface area contributed by atoms with Crippen LogP contribution in [0.1, 0.15) is 12.0 Å². The molecule has 0 saturated heterocycles. The number of hydrogen-bond donors (Lipinski definition) is 3. The summed E-state index contributed by atoms with van der Waals surface area (Å²) in [6, 6.07) is 4.71. The minimum atomic E-state index is -3.71. The number of methoxy groups -OCH3 is 1. The van der Waals surface area contributed by atoms with Crippen molar-refractivity contribution in [2.75, 3.05) is 32.5 Å². The van der Waals surface area contributed by atoms with Crippen LogP contribution < -0.4 is 15.8 Å². The molecule has 0 aliphatic heterocycles. The number of carbonyl (C=O) groups is 1. The predicted octanol–water partition coefficient (Wildman–Crippen LogP) is 0.00822. The van der Waals surface area contributed by atoms with E-state index in [4.69, 9.17) is 10.5 Å². The molecule has 0 aromatic heterocycles. The molecule has 1 aromatic carbocycles. The minimum absolute atomic E-state index is 0.00840. The highest BCUT2D eigenvalue weighted by molar-refractivity contribution is 7.89. The largest absolute Gasteiger partial charge is 0.398 e. The number of nitrogens with two attached hydrogens (primary N) is 1. The highest BCUT2D eigenvalue weighted by Gasteiger charge is 2.17. The first-order valence-electron chi connectivity index (χ1n) is 6.48. The molecule has 0 aliphatic rings. The monoisotopic (exact) mass is 315 g/mol. The van der Waals surface area contributed by atoms with Crippen LogP contribution in [-0.2, 0) is 19.6 Å². The molecule has 0 atom stereocenters. The number of aryl methyl sites for hydroxylation is 1. The van der Waals surface area contributed by atoms with Gasteiger partial charge in [0.25, 0.3) is 0 Å². The van der Waals surface area contributed by atoms with E-state index in [1.54, 1.807) is 12.1 Å². The molecule has 1 aromatic rings. The lowest BCUT2D eigenvalue weighted by molar-refractivity contribution is -0.121. The summed E-state index contributed by atoms with van der Waals surface area (Å²) < 4.78 is 31.3. The molecule has 1 rings (SSSR count). The van der Waals surface area contributed by atoms with Crippen LogP contribution in [0.5, 0.6) is 0 Å². The van der Waals surface area contributed by atoms with Crippen molar-refractivity contribution in [2.24, 2.45) is 0 Å². The number of nitrogen functional groups attached to an aromatic ring is 1. The fraction of sp³-hybridized carbons (Fsp3) is 0.462. The second kappa shape index (κ2) is 7.96. The molecular weight excluding hydrogens is 294 g/mol. The lowest BCUT2D eigenvalue weighted by Gasteiger charge is -2.10. The van der Waals surface area contributed by atoms with Gasteiger partial charge >= 0.3 is 0 Å². The normalized spacial score (nSPS) is 11.3. The van der Waals surface area contributed by atoms with Crippen LogP contribution in [0.2, 0.25) is 0 Å². The van der Waals surface area contributed by atoms with Crippen molar-refractivity contribution in [3.05, 3.63) is 23.8 Å². The summed E-state index contributed by atoms with van der Waals surface area (Å²) in [6.45, 7) is 2.64. The Morgan fingerprint density at radius 1 is 1.33 bits per heavy atom. The summed E-state index contributed by atoms with van der Waals surface area (Å²) in [5.41, 5.74) is 6.77. The molecule has 0 fully saturated rings. The number of ether oxygens (including phenoxy) is 1. The summed E-state index contributed by atoms with van der Waals surface area (Å²) in [5, 5.41) is 2.60. The Morgan fingerprint density at radius 3 is 2.67 bits per heavy atom. The van der Waals surface area contributed by atoms with Gasteiger partial charge < -0.3 is 15.8 Å². The van der Waals surface area contributed by atoms with E-state index < -0.39 is 10.0 Å². The standard InChI is InChI=1S/C13H21N3O4S/c1-10-3-4-12(11(14)9-10)21(18,19)16-6-5-13(17)15-7-8-20-2/h3-4,9,16H,5-8,14H2,1-2H3,(H,15,17). The lowest BCUT2D eigenvalue weighted by Crippen LogP contribution is -2.32. The van der Waals surface area contributed by atoms with Crippen LogP contribution in [0.3, 0.4) is 0 Å². The van der Waals surface area contributed by atoms with Crippen LogP contribution >= 0.6 is 0 Å². The Labute approximate surface area is 124 Å². The van der Waals surface area contributed by atoms with Gasteiger partial charge in [0.2, 0.25) is 15.9 Å². The molecule has 0 saturated carbocycles. The maximum absolute atomic E-state index is 12.1. The first kappa shape index (κ1) is 17.4. The van der Waals surface area contributed by atoms with E-state index in [1.165, 1.54) is 13.2 Å². The third-order valence-electron chi connectivity index (χ3n) is 2.73. The van der Waals surface area contributed by atoms with E-state index >= 15 is 0 Å². The Kier molecular flexibility index (Phi) is 6.60. The van der Waals surface area contributed by atoms with Crippen molar-refractivity contribution in [3.63, 3.8) is 0 Å².